The van der Waals surface area contributed by atoms with Crippen LogP contribution < -0.4 is 0 Å². The second-order valence-electron chi connectivity index (χ2n) is 6.60. The van der Waals surface area contributed by atoms with Crippen LogP contribution in [0.15, 0.2) is 30.3 Å². The van der Waals surface area contributed by atoms with E-state index in [9.17, 15) is 5.11 Å². The van der Waals surface area contributed by atoms with Crippen LogP contribution in [0.1, 0.15) is 31.2 Å². The molecule has 1 atom stereocenters. The van der Waals surface area contributed by atoms with Crippen molar-refractivity contribution < 1.29 is 9.84 Å². The molecule has 0 aliphatic rings. The monoisotopic (exact) mass is 328 g/mol. The molecule has 0 heterocycles. The number of aliphatic hydroxyl groups is 1. The predicted molar refractivity (Wildman–Crippen MR) is 99.5 cm³/mol. The highest BCUT2D eigenvalue weighted by Crippen LogP contribution is 2.02. The summed E-state index contributed by atoms with van der Waals surface area (Å²) in [7, 11) is -1.22. The number of hydrogen-bond donors (Lipinski definition) is 1. The number of ether oxygens (including phenoxy) is 1. The van der Waals surface area contributed by atoms with Gasteiger partial charge in [0, 0.05) is 12.8 Å². The SMILES string of the molecule is C[Si](C)(C)C#CCCCCC#CC(O)COCc1ccccc1. The largest absolute Gasteiger partial charge is 0.378 e. The predicted octanol–water partition coefficient (Wildman–Crippen LogP) is 4.01. The van der Waals surface area contributed by atoms with E-state index in [1.807, 2.05) is 30.3 Å². The van der Waals surface area contributed by atoms with Gasteiger partial charge in [-0.1, -0.05) is 55.9 Å². The first-order valence-electron chi connectivity index (χ1n) is 8.25. The minimum absolute atomic E-state index is 0.254. The van der Waals surface area contributed by atoms with Gasteiger partial charge in [0.25, 0.3) is 0 Å². The van der Waals surface area contributed by atoms with Gasteiger partial charge in [-0.3, -0.25) is 0 Å². The normalized spacial score (nSPS) is 11.8. The van der Waals surface area contributed by atoms with Gasteiger partial charge in [0.2, 0.25) is 0 Å². The van der Waals surface area contributed by atoms with Crippen molar-refractivity contribution in [2.45, 2.75) is 58.0 Å². The Kier molecular flexibility index (Phi) is 9.41. The maximum absolute atomic E-state index is 9.74. The van der Waals surface area contributed by atoms with E-state index in [2.05, 4.69) is 42.9 Å². The summed E-state index contributed by atoms with van der Waals surface area (Å²) in [6.07, 6.45) is 3.17. The summed E-state index contributed by atoms with van der Waals surface area (Å²) in [5, 5.41) is 9.74. The van der Waals surface area contributed by atoms with Crippen LogP contribution in [0.3, 0.4) is 0 Å². The first-order chi connectivity index (χ1) is 11.0. The van der Waals surface area contributed by atoms with Gasteiger partial charge in [0.15, 0.2) is 0 Å². The number of aliphatic hydroxyl groups excluding tert-OH is 1. The van der Waals surface area contributed by atoms with E-state index in [0.29, 0.717) is 6.61 Å². The third-order valence-electron chi connectivity index (χ3n) is 2.97. The zero-order valence-corrected chi connectivity index (χ0v) is 15.6. The molecule has 1 aromatic carbocycles. The molecule has 0 aliphatic carbocycles. The quantitative estimate of drug-likeness (QED) is 0.465. The summed E-state index contributed by atoms with van der Waals surface area (Å²) in [6.45, 7) is 7.53. The molecule has 1 N–H and O–H groups in total. The zero-order valence-electron chi connectivity index (χ0n) is 14.6. The molecule has 0 spiro atoms. The molecule has 0 aromatic heterocycles. The molecule has 0 aliphatic heterocycles. The molecule has 1 aromatic rings. The maximum Gasteiger partial charge on any atom is 0.137 e. The van der Waals surface area contributed by atoms with Gasteiger partial charge in [-0.2, -0.15) is 0 Å². The Labute approximate surface area is 142 Å². The molecule has 1 rings (SSSR count). The van der Waals surface area contributed by atoms with Crippen LogP contribution in [0.2, 0.25) is 19.6 Å². The number of benzene rings is 1. The van der Waals surface area contributed by atoms with E-state index in [1.54, 1.807) is 0 Å². The molecule has 23 heavy (non-hydrogen) atoms. The summed E-state index contributed by atoms with van der Waals surface area (Å²) in [4.78, 5) is 0. The lowest BCUT2D eigenvalue weighted by atomic mass is 10.2. The summed E-state index contributed by atoms with van der Waals surface area (Å²) >= 11 is 0. The Hall–Kier alpha value is -1.52. The minimum Gasteiger partial charge on any atom is -0.378 e. The van der Waals surface area contributed by atoms with Gasteiger partial charge < -0.3 is 9.84 Å². The molecule has 124 valence electrons. The van der Waals surface area contributed by atoms with Crippen LogP contribution in [-0.4, -0.2) is 25.9 Å². The molecule has 0 fully saturated rings. The van der Waals surface area contributed by atoms with E-state index < -0.39 is 14.2 Å². The fourth-order valence-electron chi connectivity index (χ4n) is 1.85. The summed E-state index contributed by atoms with van der Waals surface area (Å²) in [6, 6.07) is 9.93. The van der Waals surface area contributed by atoms with Crippen molar-refractivity contribution in [1.82, 2.24) is 0 Å². The third kappa shape index (κ3) is 11.7. The van der Waals surface area contributed by atoms with Crippen LogP contribution in [-0.2, 0) is 11.3 Å². The van der Waals surface area contributed by atoms with Crippen LogP contribution in [0, 0.1) is 23.3 Å². The topological polar surface area (TPSA) is 29.5 Å². The Balaban J connectivity index is 2.07. The highest BCUT2D eigenvalue weighted by molar-refractivity contribution is 6.83. The number of rotatable bonds is 7. The number of hydrogen-bond acceptors (Lipinski definition) is 2. The van der Waals surface area contributed by atoms with Crippen molar-refractivity contribution in [3.8, 4) is 23.3 Å². The lowest BCUT2D eigenvalue weighted by Crippen LogP contribution is -2.16. The second-order valence-corrected chi connectivity index (χ2v) is 11.3. The summed E-state index contributed by atoms with van der Waals surface area (Å²) in [5.74, 6) is 9.12. The molecule has 0 saturated heterocycles. The van der Waals surface area contributed by atoms with Crippen molar-refractivity contribution in [3.05, 3.63) is 35.9 Å². The number of unbranched alkanes of at least 4 members (excludes halogenated alkanes) is 3. The molecule has 3 heteroatoms. The Morgan fingerprint density at radius 2 is 1.70 bits per heavy atom. The van der Waals surface area contributed by atoms with Crippen molar-refractivity contribution in [1.29, 1.82) is 0 Å². The minimum atomic E-state index is -1.22. The average Bonchev–Trinajstić information content (AvgIpc) is 2.50. The third-order valence-corrected chi connectivity index (χ3v) is 3.90. The van der Waals surface area contributed by atoms with E-state index in [1.165, 1.54) is 0 Å². The fraction of sp³-hybridized carbons (Fsp3) is 0.500. The first-order valence-corrected chi connectivity index (χ1v) is 11.8. The molecule has 0 amide bonds. The van der Waals surface area contributed by atoms with Gasteiger partial charge in [0.1, 0.15) is 14.2 Å². The first kappa shape index (κ1) is 19.5. The van der Waals surface area contributed by atoms with Gasteiger partial charge >= 0.3 is 0 Å². The highest BCUT2D eigenvalue weighted by atomic mass is 28.3. The van der Waals surface area contributed by atoms with Crippen molar-refractivity contribution in [2.75, 3.05) is 6.61 Å². The van der Waals surface area contributed by atoms with E-state index in [4.69, 9.17) is 4.74 Å². The maximum atomic E-state index is 9.74. The van der Waals surface area contributed by atoms with Crippen LogP contribution in [0.4, 0.5) is 0 Å². The highest BCUT2D eigenvalue weighted by Gasteiger charge is 2.06. The van der Waals surface area contributed by atoms with Gasteiger partial charge in [-0.15, -0.1) is 17.4 Å². The van der Waals surface area contributed by atoms with Gasteiger partial charge in [-0.25, -0.2) is 0 Å². The van der Waals surface area contributed by atoms with Gasteiger partial charge in [0.05, 0.1) is 13.2 Å². The fourth-order valence-corrected chi connectivity index (χ4v) is 2.50. The molecule has 1 unspecified atom stereocenters. The van der Waals surface area contributed by atoms with Crippen molar-refractivity contribution in [2.24, 2.45) is 0 Å². The average molecular weight is 329 g/mol. The Morgan fingerprint density at radius 1 is 1.04 bits per heavy atom. The lowest BCUT2D eigenvalue weighted by molar-refractivity contribution is 0.0543. The molecule has 0 radical (unpaired) electrons. The molecule has 0 bridgehead atoms. The smallest absolute Gasteiger partial charge is 0.137 e. The standard InChI is InChI=1S/C20H28O2Si/c1-23(2,3)16-12-7-5-4-6-11-15-20(21)18-22-17-19-13-9-8-10-14-19/h8-10,13-14,20-21H,4-7,17-18H2,1-3H3. The Morgan fingerprint density at radius 3 is 2.35 bits per heavy atom. The molecular weight excluding hydrogens is 300 g/mol. The van der Waals surface area contributed by atoms with Crippen LogP contribution in [0.25, 0.3) is 0 Å². The van der Waals surface area contributed by atoms with Crippen molar-refractivity contribution >= 4 is 8.07 Å². The van der Waals surface area contributed by atoms with E-state index in [-0.39, 0.29) is 6.61 Å². The summed E-state index contributed by atoms with van der Waals surface area (Å²) < 4.78 is 5.46. The van der Waals surface area contributed by atoms with E-state index >= 15 is 0 Å². The second kappa shape index (κ2) is 11.1. The molecular formula is C20H28O2Si. The van der Waals surface area contributed by atoms with Crippen LogP contribution >= 0.6 is 0 Å². The molecule has 2 nitrogen and oxygen atoms in total. The zero-order chi connectivity index (χ0) is 17.0. The Bertz CT molecular complexity index is 553. The van der Waals surface area contributed by atoms with Crippen LogP contribution in [0.5, 0.6) is 0 Å². The van der Waals surface area contributed by atoms with Crippen molar-refractivity contribution in [3.63, 3.8) is 0 Å². The van der Waals surface area contributed by atoms with E-state index in [0.717, 1.165) is 31.2 Å². The molecule has 0 saturated carbocycles. The lowest BCUT2D eigenvalue weighted by Gasteiger charge is -2.05. The van der Waals surface area contributed by atoms with Gasteiger partial charge in [-0.05, 0) is 18.4 Å². The summed E-state index contributed by atoms with van der Waals surface area (Å²) in [5.41, 5.74) is 4.47.